The number of rotatable bonds is 8. The van der Waals surface area contributed by atoms with Crippen LogP contribution in [-0.2, 0) is 5.41 Å². The summed E-state index contributed by atoms with van der Waals surface area (Å²) in [6.45, 7) is 11.1. The first kappa shape index (κ1) is 75.4. The van der Waals surface area contributed by atoms with Crippen LogP contribution in [0.15, 0.2) is 402 Å². The van der Waals surface area contributed by atoms with Crippen LogP contribution in [0.1, 0.15) is 51.7 Å². The summed E-state index contributed by atoms with van der Waals surface area (Å²) in [5, 5.41) is 23.2. The Morgan fingerprint density at radius 3 is 0.852 bits per heavy atom. The molecule has 0 amide bonds. The second kappa shape index (κ2) is 30.3. The van der Waals surface area contributed by atoms with E-state index in [1.54, 1.807) is 0 Å². The Balaban J connectivity index is 0.000000107. The Bertz CT molecular complexity index is 8970. The van der Waals surface area contributed by atoms with Gasteiger partial charge in [0.1, 0.15) is 33.5 Å². The molecule has 0 atom stereocenters. The third kappa shape index (κ3) is 12.5. The molecule has 0 saturated heterocycles. The van der Waals surface area contributed by atoms with Crippen molar-refractivity contribution < 1.29 is 13.3 Å². The molecule has 26 rings (SSSR count). The van der Waals surface area contributed by atoms with Gasteiger partial charge >= 0.3 is 0 Å². The van der Waals surface area contributed by atoms with Crippen LogP contribution in [0, 0.1) is 0 Å². The molecule has 0 aliphatic heterocycles. The van der Waals surface area contributed by atoms with Gasteiger partial charge in [-0.1, -0.05) is 386 Å². The minimum Gasteiger partial charge on any atom is -0.455 e. The quantitative estimate of drug-likeness (QED) is 0.137. The average molecular weight is 1640 g/mol. The highest BCUT2D eigenvalue weighted by Gasteiger charge is 2.26. The molecule has 0 bridgehead atoms. The van der Waals surface area contributed by atoms with Crippen LogP contribution in [0.4, 0.5) is 0 Å². The van der Waals surface area contributed by atoms with Gasteiger partial charge in [-0.2, -0.15) is 0 Å². The molecule has 20 aromatic carbocycles. The first-order valence-corrected chi connectivity index (χ1v) is 43.8. The van der Waals surface area contributed by atoms with Crippen LogP contribution >= 0.6 is 0 Å². The van der Waals surface area contributed by atoms with Crippen molar-refractivity contribution in [3.05, 3.63) is 400 Å². The van der Waals surface area contributed by atoms with Crippen molar-refractivity contribution in [2.45, 2.75) is 46.0 Å². The number of aromatic nitrogens is 6. The molecule has 0 spiro atoms. The van der Waals surface area contributed by atoms with Gasteiger partial charge in [0.2, 0.25) is 0 Å². The number of benzene rings is 20. The summed E-state index contributed by atoms with van der Waals surface area (Å²) >= 11 is 0. The molecule has 9 nitrogen and oxygen atoms in total. The summed E-state index contributed by atoms with van der Waals surface area (Å²) < 4.78 is 20.1. The van der Waals surface area contributed by atoms with Crippen LogP contribution in [0.25, 0.3) is 253 Å². The van der Waals surface area contributed by atoms with E-state index < -0.39 is 0 Å². The maximum Gasteiger partial charge on any atom is 0.143 e. The molecule has 128 heavy (non-hydrogen) atoms. The minimum atomic E-state index is -0.0162. The molecular formula is C119H80N6O3. The highest BCUT2D eigenvalue weighted by atomic mass is 16.3. The van der Waals surface area contributed by atoms with Crippen molar-refractivity contribution in [1.82, 2.24) is 29.9 Å². The number of nitrogens with zero attached hydrogens (tertiary/aromatic N) is 6. The summed E-state index contributed by atoms with van der Waals surface area (Å²) in [5.41, 5.74) is 27.9. The van der Waals surface area contributed by atoms with Crippen LogP contribution in [0.2, 0.25) is 0 Å². The highest BCUT2D eigenvalue weighted by Crippen LogP contribution is 2.47. The third-order valence-electron chi connectivity index (χ3n) is 25.8. The predicted molar refractivity (Wildman–Crippen MR) is 534 cm³/mol. The fraction of sp³-hybridized carbons (Fsp3) is 0.0588. The second-order valence-corrected chi connectivity index (χ2v) is 34.7. The SMILES string of the molecule is CC(C)(C)c1cccc2c1oc1c(-c3cccc(-c4cnc5c6ccccc6c6ccccc6c5n4)c3)cccc12.CC(C)c1cccc2c1oc1c(-c3cccc(-c4cnc5c6ccccc6c6ccccc6c5n4)c3)cccc12.c1cc(-c2cnc3c4ccccc4c4ccccc4c3n2)cc(-c2cccc3c2oc2c(-c4cccc5ccccc45)cccc23)c1. The summed E-state index contributed by atoms with van der Waals surface area (Å²) in [6.07, 6.45) is 5.71. The number of para-hydroxylation sites is 6. The van der Waals surface area contributed by atoms with E-state index in [9.17, 15) is 0 Å². The number of fused-ring (bicyclic) bond motifs is 28. The summed E-state index contributed by atoms with van der Waals surface area (Å²) in [6, 6.07) is 130. The largest absolute Gasteiger partial charge is 0.455 e. The number of hydrogen-bond acceptors (Lipinski definition) is 9. The van der Waals surface area contributed by atoms with E-state index in [4.69, 9.17) is 43.2 Å². The van der Waals surface area contributed by atoms with E-state index >= 15 is 0 Å². The van der Waals surface area contributed by atoms with Gasteiger partial charge in [-0.05, 0) is 100 Å². The minimum absolute atomic E-state index is 0.0162. The molecule has 0 aliphatic carbocycles. The van der Waals surface area contributed by atoms with Crippen molar-refractivity contribution in [2.75, 3.05) is 0 Å². The smallest absolute Gasteiger partial charge is 0.143 e. The van der Waals surface area contributed by atoms with Crippen molar-refractivity contribution in [1.29, 1.82) is 0 Å². The standard InChI is InChI=1S/C44H26N2O.C38H28N2O.C37H26N2O/c1-2-15-30-27(11-1)12-8-21-32(30)37-22-10-24-39-38-23-9-20-31(43(38)47-44(37)39)28-13-7-14-29(25-28)40-26-45-41-35-18-5-3-16-33(35)34-17-4-6-19-36(34)42(41)46-40;1-38(2,3)32-20-10-19-31-30-18-9-17-25(36(30)41-37(31)32)23-11-8-12-24(21-23)33-22-39-34-28-15-6-4-13-26(28)27-14-5-7-16-29(27)35(34)40-33;1-22(2)25-16-8-18-31-32-19-9-17-26(37(32)40-36(25)31)23-10-7-11-24(20-23)33-21-38-34-29-14-5-3-12-27(29)28-13-4-6-15-30(28)35(34)39-33/h1-26H;4-22H,1-3H3;3-22H,1-2H3. The van der Waals surface area contributed by atoms with E-state index in [0.717, 1.165) is 199 Å². The maximum absolute atomic E-state index is 6.84. The summed E-state index contributed by atoms with van der Waals surface area (Å²) in [7, 11) is 0. The van der Waals surface area contributed by atoms with E-state index in [1.165, 1.54) is 65.2 Å². The summed E-state index contributed by atoms with van der Waals surface area (Å²) in [4.78, 5) is 30.6. The van der Waals surface area contributed by atoms with Crippen LogP contribution in [0.3, 0.4) is 0 Å². The van der Waals surface area contributed by atoms with Gasteiger partial charge in [-0.3, -0.25) is 15.0 Å². The van der Waals surface area contributed by atoms with Gasteiger partial charge in [0.25, 0.3) is 0 Å². The second-order valence-electron chi connectivity index (χ2n) is 34.7. The lowest BCUT2D eigenvalue weighted by atomic mass is 9.86. The van der Waals surface area contributed by atoms with E-state index in [-0.39, 0.29) is 5.41 Å². The zero-order valence-corrected chi connectivity index (χ0v) is 70.9. The normalized spacial score (nSPS) is 12.0. The summed E-state index contributed by atoms with van der Waals surface area (Å²) in [5.74, 6) is 0.385. The molecule has 0 aliphatic rings. The molecule has 0 fully saturated rings. The first-order valence-electron chi connectivity index (χ1n) is 43.8. The van der Waals surface area contributed by atoms with Crippen LogP contribution < -0.4 is 0 Å². The zero-order chi connectivity index (χ0) is 85.4. The monoisotopic (exact) mass is 1640 g/mol. The molecular weight excluding hydrogens is 1560 g/mol. The van der Waals surface area contributed by atoms with Gasteiger partial charge < -0.3 is 13.3 Å². The Hall–Kier alpha value is -16.4. The van der Waals surface area contributed by atoms with Crippen molar-refractivity contribution in [3.8, 4) is 78.3 Å². The molecule has 6 aromatic heterocycles. The molecule has 9 heteroatoms. The lowest BCUT2D eigenvalue weighted by Crippen LogP contribution is -2.10. The molecule has 0 unspecified atom stereocenters. The van der Waals surface area contributed by atoms with Gasteiger partial charge in [0.15, 0.2) is 0 Å². The Kier molecular flexibility index (Phi) is 17.8. The average Bonchev–Trinajstić information content (AvgIpc) is 0.826. The Morgan fingerprint density at radius 2 is 0.469 bits per heavy atom. The number of furan rings is 3. The molecule has 0 saturated carbocycles. The van der Waals surface area contributed by atoms with Gasteiger partial charge in [-0.15, -0.1) is 0 Å². The fourth-order valence-electron chi connectivity index (χ4n) is 19.7. The Labute approximate surface area is 736 Å². The first-order chi connectivity index (χ1) is 63.0. The molecule has 0 radical (unpaired) electrons. The van der Waals surface area contributed by atoms with Crippen molar-refractivity contribution >= 4 is 174 Å². The van der Waals surface area contributed by atoms with E-state index in [0.29, 0.717) is 5.92 Å². The predicted octanol–water partition coefficient (Wildman–Crippen LogP) is 32.7. The van der Waals surface area contributed by atoms with Gasteiger partial charge in [-0.25, -0.2) is 15.0 Å². The molecule has 0 N–H and O–H groups in total. The lowest BCUT2D eigenvalue weighted by molar-refractivity contribution is 0.573. The Morgan fingerprint density at radius 1 is 0.211 bits per heavy atom. The lowest BCUT2D eigenvalue weighted by Gasteiger charge is -2.18. The highest BCUT2D eigenvalue weighted by molar-refractivity contribution is 6.26. The third-order valence-corrected chi connectivity index (χ3v) is 25.8. The van der Waals surface area contributed by atoms with E-state index in [2.05, 4.69) is 405 Å². The maximum atomic E-state index is 6.84. The molecule has 604 valence electrons. The van der Waals surface area contributed by atoms with E-state index in [1.807, 2.05) is 18.6 Å². The van der Waals surface area contributed by atoms with Crippen LogP contribution in [0.5, 0.6) is 0 Å². The van der Waals surface area contributed by atoms with Gasteiger partial charge in [0, 0.05) is 109 Å². The molecule has 26 aromatic rings. The topological polar surface area (TPSA) is 117 Å². The van der Waals surface area contributed by atoms with Crippen LogP contribution in [-0.4, -0.2) is 29.9 Å². The number of hydrogen-bond donors (Lipinski definition) is 0. The fourth-order valence-corrected chi connectivity index (χ4v) is 19.7. The zero-order valence-electron chi connectivity index (χ0n) is 70.9. The van der Waals surface area contributed by atoms with Crippen molar-refractivity contribution in [3.63, 3.8) is 0 Å². The molecule has 6 heterocycles. The van der Waals surface area contributed by atoms with Crippen molar-refractivity contribution in [2.24, 2.45) is 0 Å². The van der Waals surface area contributed by atoms with Gasteiger partial charge in [0.05, 0.1) is 68.8 Å².